The Morgan fingerprint density at radius 2 is 1.60 bits per heavy atom. The fourth-order valence-corrected chi connectivity index (χ4v) is 5.48. The van der Waals surface area contributed by atoms with Crippen LogP contribution in [0.1, 0.15) is 48.8 Å². The van der Waals surface area contributed by atoms with E-state index < -0.39 is 0 Å². The molecule has 0 amide bonds. The Labute approximate surface area is 123 Å². The summed E-state index contributed by atoms with van der Waals surface area (Å²) < 4.78 is 0. The molecule has 0 aliphatic heterocycles. The lowest BCUT2D eigenvalue weighted by molar-refractivity contribution is -0.0142. The van der Waals surface area contributed by atoms with Gasteiger partial charge in [-0.05, 0) is 80.8 Å². The van der Waals surface area contributed by atoms with E-state index in [1.54, 1.807) is 6.42 Å². The van der Waals surface area contributed by atoms with Gasteiger partial charge in [0.1, 0.15) is 0 Å². The van der Waals surface area contributed by atoms with Gasteiger partial charge in [-0.2, -0.15) is 0 Å². The molecule has 20 heavy (non-hydrogen) atoms. The Balaban J connectivity index is 1.46. The van der Waals surface area contributed by atoms with E-state index in [9.17, 15) is 0 Å². The molecule has 1 aromatic carbocycles. The molecule has 0 aromatic heterocycles. The molecule has 0 heterocycles. The first kappa shape index (κ1) is 12.9. The molecule has 4 bridgehead atoms. The first-order chi connectivity index (χ1) is 9.69. The summed E-state index contributed by atoms with van der Waals surface area (Å²) in [7, 11) is 0. The first-order valence-electron chi connectivity index (χ1n) is 8.48. The van der Waals surface area contributed by atoms with Gasteiger partial charge in [-0.3, -0.25) is 0 Å². The van der Waals surface area contributed by atoms with Crippen LogP contribution < -0.4 is 5.32 Å². The Hall–Kier alpha value is -0.820. The minimum absolute atomic E-state index is 0.808. The maximum Gasteiger partial charge on any atom is 0.0211 e. The number of hydrogen-bond acceptors (Lipinski definition) is 1. The van der Waals surface area contributed by atoms with Gasteiger partial charge in [-0.15, -0.1) is 0 Å². The van der Waals surface area contributed by atoms with E-state index in [0.717, 1.165) is 36.3 Å². The van der Waals surface area contributed by atoms with E-state index in [4.69, 9.17) is 0 Å². The average Bonchev–Trinajstić information content (AvgIpc) is 2.41. The molecule has 108 valence electrons. The summed E-state index contributed by atoms with van der Waals surface area (Å²) >= 11 is 0. The monoisotopic (exact) mass is 269 g/mol. The summed E-state index contributed by atoms with van der Waals surface area (Å²) in [5, 5.41) is 3.95. The number of nitrogens with one attached hydrogen (secondary N) is 1. The molecule has 1 aromatic rings. The first-order valence-corrected chi connectivity index (χ1v) is 8.48. The van der Waals surface area contributed by atoms with Crippen molar-refractivity contribution >= 4 is 0 Å². The van der Waals surface area contributed by atoms with Crippen LogP contribution in [0.3, 0.4) is 0 Å². The second-order valence-corrected chi connectivity index (χ2v) is 7.77. The van der Waals surface area contributed by atoms with Gasteiger partial charge in [0.25, 0.3) is 0 Å². The lowest BCUT2D eigenvalue weighted by Crippen LogP contribution is -2.54. The molecular weight excluding hydrogens is 242 g/mol. The van der Waals surface area contributed by atoms with E-state index >= 15 is 0 Å². The van der Waals surface area contributed by atoms with Crippen molar-refractivity contribution in [3.05, 3.63) is 34.9 Å². The summed E-state index contributed by atoms with van der Waals surface area (Å²) in [6.45, 7) is 5.51. The quantitative estimate of drug-likeness (QED) is 0.866. The van der Waals surface area contributed by atoms with Gasteiger partial charge in [0.15, 0.2) is 0 Å². The highest BCUT2D eigenvalue weighted by molar-refractivity contribution is 5.30. The second kappa shape index (κ2) is 4.87. The molecule has 4 fully saturated rings. The van der Waals surface area contributed by atoms with Crippen LogP contribution in [0.4, 0.5) is 0 Å². The second-order valence-electron chi connectivity index (χ2n) is 7.77. The zero-order valence-electron chi connectivity index (χ0n) is 12.9. The highest BCUT2D eigenvalue weighted by Crippen LogP contribution is 2.53. The molecule has 1 heteroatoms. The summed E-state index contributed by atoms with van der Waals surface area (Å²) in [4.78, 5) is 0. The Morgan fingerprint density at radius 1 is 0.950 bits per heavy atom. The van der Waals surface area contributed by atoms with E-state index in [-0.39, 0.29) is 0 Å². The largest absolute Gasteiger partial charge is 0.309 e. The molecular formula is C19H27N. The zero-order valence-corrected chi connectivity index (χ0v) is 12.9. The fourth-order valence-electron chi connectivity index (χ4n) is 5.48. The van der Waals surface area contributed by atoms with Crippen molar-refractivity contribution < 1.29 is 0 Å². The minimum atomic E-state index is 0.808. The van der Waals surface area contributed by atoms with Crippen molar-refractivity contribution in [3.63, 3.8) is 0 Å². The smallest absolute Gasteiger partial charge is 0.0211 e. The number of rotatable bonds is 3. The van der Waals surface area contributed by atoms with Gasteiger partial charge in [0.2, 0.25) is 0 Å². The van der Waals surface area contributed by atoms with Gasteiger partial charge in [-0.25, -0.2) is 0 Å². The molecule has 5 rings (SSSR count). The highest BCUT2D eigenvalue weighted by Gasteiger charge is 2.47. The lowest BCUT2D eigenvalue weighted by atomic mass is 9.54. The Morgan fingerprint density at radius 3 is 2.25 bits per heavy atom. The highest BCUT2D eigenvalue weighted by atomic mass is 14.9. The van der Waals surface area contributed by atoms with Crippen LogP contribution in [-0.4, -0.2) is 6.04 Å². The predicted octanol–water partition coefficient (Wildman–Crippen LogP) is 4.22. The molecule has 0 radical (unpaired) electrons. The van der Waals surface area contributed by atoms with E-state index in [2.05, 4.69) is 37.4 Å². The SMILES string of the molecule is Cc1ccc(C)c(CNC2C3CC4CC(C3)CC2C4)c1. The van der Waals surface area contributed by atoms with Crippen molar-refractivity contribution in [3.8, 4) is 0 Å². The van der Waals surface area contributed by atoms with Gasteiger partial charge < -0.3 is 5.32 Å². The molecule has 4 aliphatic carbocycles. The van der Waals surface area contributed by atoms with E-state index in [0.29, 0.717) is 0 Å². The van der Waals surface area contributed by atoms with Crippen molar-refractivity contribution in [2.24, 2.45) is 23.7 Å². The zero-order chi connectivity index (χ0) is 13.7. The van der Waals surface area contributed by atoms with Gasteiger partial charge >= 0.3 is 0 Å². The van der Waals surface area contributed by atoms with E-state index in [1.807, 2.05) is 0 Å². The van der Waals surface area contributed by atoms with Crippen LogP contribution in [0.2, 0.25) is 0 Å². The molecule has 4 aliphatic rings. The van der Waals surface area contributed by atoms with Crippen LogP contribution in [0.5, 0.6) is 0 Å². The average molecular weight is 269 g/mol. The standard InChI is InChI=1S/C19H27N/c1-12-3-4-13(2)18(5-12)11-20-19-16-7-14-6-15(9-16)10-17(19)8-14/h3-5,14-17,19-20H,6-11H2,1-2H3. The fraction of sp³-hybridized carbons (Fsp3) is 0.684. The van der Waals surface area contributed by atoms with Crippen molar-refractivity contribution in [1.29, 1.82) is 0 Å². The van der Waals surface area contributed by atoms with Crippen molar-refractivity contribution in [2.75, 3.05) is 0 Å². The maximum absolute atomic E-state index is 3.95. The molecule has 4 saturated carbocycles. The normalized spacial score (nSPS) is 38.4. The lowest BCUT2D eigenvalue weighted by Gasteiger charge is -2.54. The Bertz CT molecular complexity index is 476. The summed E-state index contributed by atoms with van der Waals surface area (Å²) in [6.07, 6.45) is 7.60. The molecule has 0 spiro atoms. The minimum Gasteiger partial charge on any atom is -0.309 e. The number of aryl methyl sites for hydroxylation is 2. The summed E-state index contributed by atoms with van der Waals surface area (Å²) in [5.41, 5.74) is 4.32. The molecule has 0 atom stereocenters. The van der Waals surface area contributed by atoms with Crippen LogP contribution in [0, 0.1) is 37.5 Å². The van der Waals surface area contributed by atoms with E-state index in [1.165, 1.54) is 42.4 Å². The van der Waals surface area contributed by atoms with Crippen LogP contribution in [-0.2, 0) is 6.54 Å². The summed E-state index contributed by atoms with van der Waals surface area (Å²) in [5.74, 6) is 4.13. The van der Waals surface area contributed by atoms with Crippen molar-refractivity contribution in [2.45, 2.75) is 58.5 Å². The molecule has 1 N–H and O–H groups in total. The van der Waals surface area contributed by atoms with Crippen LogP contribution in [0.15, 0.2) is 18.2 Å². The number of hydrogen-bond donors (Lipinski definition) is 1. The molecule has 1 nitrogen and oxygen atoms in total. The van der Waals surface area contributed by atoms with Gasteiger partial charge in [-0.1, -0.05) is 23.8 Å². The van der Waals surface area contributed by atoms with Crippen LogP contribution >= 0.6 is 0 Å². The Kier molecular flexibility index (Phi) is 3.14. The molecule has 0 saturated heterocycles. The van der Waals surface area contributed by atoms with Crippen molar-refractivity contribution in [1.82, 2.24) is 5.32 Å². The maximum atomic E-state index is 3.95. The summed E-state index contributed by atoms with van der Waals surface area (Å²) in [6, 6.07) is 7.66. The van der Waals surface area contributed by atoms with Gasteiger partial charge in [0.05, 0.1) is 0 Å². The third-order valence-corrected chi connectivity index (χ3v) is 6.26. The third kappa shape index (κ3) is 2.20. The van der Waals surface area contributed by atoms with Gasteiger partial charge in [0, 0.05) is 12.6 Å². The van der Waals surface area contributed by atoms with Crippen LogP contribution in [0.25, 0.3) is 0 Å². The molecule has 0 unspecified atom stereocenters. The third-order valence-electron chi connectivity index (χ3n) is 6.26. The topological polar surface area (TPSA) is 12.0 Å². The number of benzene rings is 1. The predicted molar refractivity (Wildman–Crippen MR) is 83.6 cm³/mol.